The molecule has 0 aromatic carbocycles. The number of anilines is 1. The fourth-order valence-corrected chi connectivity index (χ4v) is 1.91. The van der Waals surface area contributed by atoms with Crippen LogP contribution in [0.25, 0.3) is 0 Å². The minimum Gasteiger partial charge on any atom is -0.356 e. The van der Waals surface area contributed by atoms with Gasteiger partial charge < -0.3 is 16.0 Å². The molecule has 0 atom stereocenters. The van der Waals surface area contributed by atoms with E-state index in [0.717, 1.165) is 19.5 Å². The third-order valence-electron chi connectivity index (χ3n) is 3.00. The maximum atomic E-state index is 11.8. The van der Waals surface area contributed by atoms with Crippen LogP contribution in [0.5, 0.6) is 0 Å². The van der Waals surface area contributed by atoms with E-state index in [1.54, 1.807) is 37.8 Å². The van der Waals surface area contributed by atoms with Gasteiger partial charge in [0.15, 0.2) is 5.96 Å². The number of hydrogen-bond acceptors (Lipinski definition) is 4. The highest BCUT2D eigenvalue weighted by molar-refractivity contribution is 5.94. The van der Waals surface area contributed by atoms with Crippen molar-refractivity contribution >= 4 is 17.6 Å². The summed E-state index contributed by atoms with van der Waals surface area (Å²) in [6.07, 6.45) is 7.85. The highest BCUT2D eigenvalue weighted by Gasteiger charge is 2.04. The first-order chi connectivity index (χ1) is 11.3. The molecule has 8 nitrogen and oxygen atoms in total. The SMILES string of the molecule is CN=C(NCCCn1cccn1)NCC(=O)Nc1cccnc1. The largest absolute Gasteiger partial charge is 0.356 e. The number of aryl methyl sites for hydroxylation is 1. The van der Waals surface area contributed by atoms with Gasteiger partial charge in [-0.2, -0.15) is 5.10 Å². The first-order valence-corrected chi connectivity index (χ1v) is 7.40. The van der Waals surface area contributed by atoms with Gasteiger partial charge in [-0.15, -0.1) is 0 Å². The van der Waals surface area contributed by atoms with Crippen LogP contribution >= 0.6 is 0 Å². The average Bonchev–Trinajstić information content (AvgIpc) is 3.08. The first-order valence-electron chi connectivity index (χ1n) is 7.40. The van der Waals surface area contributed by atoms with Crippen molar-refractivity contribution in [1.29, 1.82) is 0 Å². The molecule has 0 aliphatic heterocycles. The van der Waals surface area contributed by atoms with Gasteiger partial charge in [-0.1, -0.05) is 0 Å². The fourth-order valence-electron chi connectivity index (χ4n) is 1.91. The van der Waals surface area contributed by atoms with Crippen LogP contribution in [0, 0.1) is 0 Å². The number of guanidine groups is 1. The van der Waals surface area contributed by atoms with Crippen molar-refractivity contribution in [2.24, 2.45) is 4.99 Å². The van der Waals surface area contributed by atoms with E-state index in [1.165, 1.54) is 0 Å². The summed E-state index contributed by atoms with van der Waals surface area (Å²) >= 11 is 0. The lowest BCUT2D eigenvalue weighted by atomic mass is 10.4. The molecule has 0 fully saturated rings. The molecule has 0 unspecified atom stereocenters. The molecule has 1 amide bonds. The van der Waals surface area contributed by atoms with Crippen molar-refractivity contribution in [2.75, 3.05) is 25.5 Å². The van der Waals surface area contributed by atoms with Crippen molar-refractivity contribution < 1.29 is 4.79 Å². The van der Waals surface area contributed by atoms with Gasteiger partial charge in [0, 0.05) is 38.7 Å². The molecular weight excluding hydrogens is 294 g/mol. The van der Waals surface area contributed by atoms with Gasteiger partial charge >= 0.3 is 0 Å². The maximum absolute atomic E-state index is 11.8. The van der Waals surface area contributed by atoms with E-state index in [1.807, 2.05) is 16.9 Å². The van der Waals surface area contributed by atoms with Crippen LogP contribution in [0.3, 0.4) is 0 Å². The Balaban J connectivity index is 1.63. The number of pyridine rings is 1. The number of carbonyl (C=O) groups is 1. The van der Waals surface area contributed by atoms with Crippen LogP contribution in [0.1, 0.15) is 6.42 Å². The highest BCUT2D eigenvalue weighted by Crippen LogP contribution is 2.01. The van der Waals surface area contributed by atoms with Gasteiger partial charge in [0.05, 0.1) is 18.4 Å². The fraction of sp³-hybridized carbons (Fsp3) is 0.333. The van der Waals surface area contributed by atoms with Crippen LogP contribution in [0.15, 0.2) is 48.0 Å². The number of hydrogen-bond donors (Lipinski definition) is 3. The minimum atomic E-state index is -0.155. The Morgan fingerprint density at radius 3 is 2.91 bits per heavy atom. The van der Waals surface area contributed by atoms with Crippen LogP contribution in [-0.2, 0) is 11.3 Å². The quantitative estimate of drug-likeness (QED) is 0.392. The second-order valence-electron chi connectivity index (χ2n) is 4.77. The lowest BCUT2D eigenvalue weighted by Crippen LogP contribution is -2.41. The number of aromatic nitrogens is 3. The molecule has 0 radical (unpaired) electrons. The Labute approximate surface area is 135 Å². The normalized spacial score (nSPS) is 11.1. The van der Waals surface area contributed by atoms with Gasteiger partial charge in [-0.25, -0.2) is 0 Å². The zero-order chi connectivity index (χ0) is 16.3. The van der Waals surface area contributed by atoms with Crippen LogP contribution in [0.2, 0.25) is 0 Å². The predicted octanol–water partition coefficient (Wildman–Crippen LogP) is 0.472. The molecule has 2 heterocycles. The number of nitrogens with zero attached hydrogens (tertiary/aromatic N) is 4. The topological polar surface area (TPSA) is 96.2 Å². The molecule has 2 aromatic rings. The zero-order valence-corrected chi connectivity index (χ0v) is 13.1. The number of carbonyl (C=O) groups excluding carboxylic acids is 1. The molecule has 8 heteroatoms. The third kappa shape index (κ3) is 6.16. The summed E-state index contributed by atoms with van der Waals surface area (Å²) in [5, 5.41) is 13.0. The predicted molar refractivity (Wildman–Crippen MR) is 89.1 cm³/mol. The number of amides is 1. The summed E-state index contributed by atoms with van der Waals surface area (Å²) in [7, 11) is 1.67. The highest BCUT2D eigenvalue weighted by atomic mass is 16.1. The van der Waals surface area contributed by atoms with E-state index < -0.39 is 0 Å². The molecule has 122 valence electrons. The lowest BCUT2D eigenvalue weighted by molar-refractivity contribution is -0.115. The van der Waals surface area contributed by atoms with Crippen molar-refractivity contribution in [2.45, 2.75) is 13.0 Å². The minimum absolute atomic E-state index is 0.133. The van der Waals surface area contributed by atoms with E-state index in [0.29, 0.717) is 11.6 Å². The van der Waals surface area contributed by atoms with Gasteiger partial charge in [0.25, 0.3) is 0 Å². The molecule has 2 rings (SSSR count). The summed E-state index contributed by atoms with van der Waals surface area (Å²) in [4.78, 5) is 19.8. The molecule has 0 aliphatic carbocycles. The van der Waals surface area contributed by atoms with E-state index in [2.05, 4.69) is 31.0 Å². The Morgan fingerprint density at radius 1 is 1.30 bits per heavy atom. The third-order valence-corrected chi connectivity index (χ3v) is 3.00. The van der Waals surface area contributed by atoms with Gasteiger partial charge in [-0.3, -0.25) is 19.5 Å². The smallest absolute Gasteiger partial charge is 0.243 e. The first kappa shape index (κ1) is 16.5. The average molecular weight is 315 g/mol. The molecular formula is C15H21N7O. The summed E-state index contributed by atoms with van der Waals surface area (Å²) in [6, 6.07) is 5.45. The second-order valence-corrected chi connectivity index (χ2v) is 4.77. The summed E-state index contributed by atoms with van der Waals surface area (Å²) in [5.41, 5.74) is 0.668. The Bertz CT molecular complexity index is 610. The number of rotatable bonds is 7. The van der Waals surface area contributed by atoms with Gasteiger partial charge in [0.1, 0.15) is 0 Å². The van der Waals surface area contributed by atoms with Crippen molar-refractivity contribution in [3.8, 4) is 0 Å². The molecule has 0 bridgehead atoms. The Kier molecular flexibility index (Phi) is 6.58. The summed E-state index contributed by atoms with van der Waals surface area (Å²) in [5.74, 6) is 0.435. The maximum Gasteiger partial charge on any atom is 0.243 e. The van der Waals surface area contributed by atoms with Gasteiger partial charge in [-0.05, 0) is 24.6 Å². The standard InChI is InChI=1S/C15H21N7O/c1-16-15(18-7-3-9-22-10-4-8-20-22)19-12-14(23)21-13-5-2-6-17-11-13/h2,4-6,8,10-11H,3,7,9,12H2,1H3,(H,21,23)(H2,16,18,19). The van der Waals surface area contributed by atoms with E-state index in [4.69, 9.17) is 0 Å². The summed E-state index contributed by atoms with van der Waals surface area (Å²) < 4.78 is 1.87. The lowest BCUT2D eigenvalue weighted by Gasteiger charge is -2.12. The Morgan fingerprint density at radius 2 is 2.22 bits per heavy atom. The molecule has 2 aromatic heterocycles. The number of aliphatic imine (C=N–C) groups is 1. The van der Waals surface area contributed by atoms with Crippen LogP contribution in [0.4, 0.5) is 5.69 Å². The van der Waals surface area contributed by atoms with Crippen LogP contribution in [-0.4, -0.2) is 46.8 Å². The van der Waals surface area contributed by atoms with Gasteiger partial charge in [0.2, 0.25) is 5.91 Å². The zero-order valence-electron chi connectivity index (χ0n) is 13.1. The second kappa shape index (κ2) is 9.19. The Hall–Kier alpha value is -2.90. The van der Waals surface area contributed by atoms with E-state index in [9.17, 15) is 4.79 Å². The molecule has 0 aliphatic rings. The molecule has 23 heavy (non-hydrogen) atoms. The molecule has 0 saturated carbocycles. The number of nitrogens with one attached hydrogen (secondary N) is 3. The van der Waals surface area contributed by atoms with E-state index in [-0.39, 0.29) is 12.5 Å². The monoisotopic (exact) mass is 315 g/mol. The molecule has 0 spiro atoms. The molecule has 0 saturated heterocycles. The summed E-state index contributed by atoms with van der Waals surface area (Å²) in [6.45, 7) is 1.70. The molecule has 3 N–H and O–H groups in total. The van der Waals surface area contributed by atoms with Crippen LogP contribution < -0.4 is 16.0 Å². The van der Waals surface area contributed by atoms with Crippen molar-refractivity contribution in [1.82, 2.24) is 25.4 Å². The van der Waals surface area contributed by atoms with E-state index >= 15 is 0 Å². The van der Waals surface area contributed by atoms with Crippen molar-refractivity contribution in [3.63, 3.8) is 0 Å². The van der Waals surface area contributed by atoms with Crippen molar-refractivity contribution in [3.05, 3.63) is 43.0 Å².